The van der Waals surface area contributed by atoms with E-state index in [9.17, 15) is 9.59 Å². The second-order valence-electron chi connectivity index (χ2n) is 8.45. The molecule has 3 aromatic rings. The van der Waals surface area contributed by atoms with Gasteiger partial charge in [0.15, 0.2) is 0 Å². The predicted molar refractivity (Wildman–Crippen MR) is 135 cm³/mol. The Hall–Kier alpha value is -2.75. The quantitative estimate of drug-likeness (QED) is 0.416. The van der Waals surface area contributed by atoms with E-state index in [0.29, 0.717) is 43.3 Å². The Morgan fingerprint density at radius 1 is 1.09 bits per heavy atom. The molecule has 0 saturated carbocycles. The van der Waals surface area contributed by atoms with Crippen LogP contribution in [-0.2, 0) is 29.1 Å². The van der Waals surface area contributed by atoms with Crippen LogP contribution in [0.15, 0.2) is 53.5 Å². The maximum Gasteiger partial charge on any atom is 0.257 e. The summed E-state index contributed by atoms with van der Waals surface area (Å²) in [7, 11) is 0. The summed E-state index contributed by atoms with van der Waals surface area (Å²) >= 11 is 5.93. The molecule has 0 bridgehead atoms. The van der Waals surface area contributed by atoms with Gasteiger partial charge in [0.1, 0.15) is 5.56 Å². The number of rotatable bonds is 10. The van der Waals surface area contributed by atoms with Crippen LogP contribution in [0.5, 0.6) is 0 Å². The minimum atomic E-state index is -0.435. The van der Waals surface area contributed by atoms with E-state index in [4.69, 9.17) is 26.2 Å². The molecule has 2 N–H and O–H groups in total. The highest BCUT2D eigenvalue weighted by atomic mass is 35.5. The van der Waals surface area contributed by atoms with Gasteiger partial charge in [-0.2, -0.15) is 0 Å². The van der Waals surface area contributed by atoms with Gasteiger partial charge in [0.25, 0.3) is 5.91 Å². The van der Waals surface area contributed by atoms with Gasteiger partial charge >= 0.3 is 0 Å². The van der Waals surface area contributed by atoms with E-state index in [-0.39, 0.29) is 30.8 Å². The number of aromatic nitrogens is 1. The number of pyridine rings is 1. The van der Waals surface area contributed by atoms with Crippen LogP contribution in [0.2, 0.25) is 5.02 Å². The van der Waals surface area contributed by atoms with E-state index in [1.54, 1.807) is 18.3 Å². The highest BCUT2D eigenvalue weighted by Crippen LogP contribution is 2.17. The highest BCUT2D eigenvalue weighted by Gasteiger charge is 2.17. The van der Waals surface area contributed by atoms with Gasteiger partial charge in [-0.15, -0.1) is 0 Å². The van der Waals surface area contributed by atoms with Crippen molar-refractivity contribution in [2.75, 3.05) is 46.1 Å². The largest absolute Gasteiger partial charge is 0.394 e. The summed E-state index contributed by atoms with van der Waals surface area (Å²) in [5.74, 6) is -0.435. The third-order valence-electron chi connectivity index (χ3n) is 5.98. The summed E-state index contributed by atoms with van der Waals surface area (Å²) in [6.45, 7) is 5.05. The normalized spacial score (nSPS) is 14.3. The van der Waals surface area contributed by atoms with Gasteiger partial charge in [-0.3, -0.25) is 14.5 Å². The molecule has 0 spiro atoms. The molecule has 0 radical (unpaired) electrons. The van der Waals surface area contributed by atoms with Gasteiger partial charge in [-0.05, 0) is 35.4 Å². The third kappa shape index (κ3) is 6.68. The average molecular weight is 500 g/mol. The monoisotopic (exact) mass is 499 g/mol. The summed E-state index contributed by atoms with van der Waals surface area (Å²) in [4.78, 5) is 28.7. The first kappa shape index (κ1) is 25.3. The van der Waals surface area contributed by atoms with Crippen molar-refractivity contribution >= 4 is 28.4 Å². The molecule has 2 heterocycles. The summed E-state index contributed by atoms with van der Waals surface area (Å²) in [5, 5.41) is 12.9. The summed E-state index contributed by atoms with van der Waals surface area (Å²) in [6.07, 6.45) is 1.59. The number of benzene rings is 2. The molecule has 0 atom stereocenters. The highest BCUT2D eigenvalue weighted by molar-refractivity contribution is 6.30. The molecule has 1 aliphatic rings. The van der Waals surface area contributed by atoms with Crippen molar-refractivity contribution in [1.29, 1.82) is 0 Å². The zero-order valence-corrected chi connectivity index (χ0v) is 20.3. The van der Waals surface area contributed by atoms with Crippen molar-refractivity contribution in [2.24, 2.45) is 0 Å². The summed E-state index contributed by atoms with van der Waals surface area (Å²) in [6, 6.07) is 13.0. The molecule has 0 unspecified atom stereocenters. The third-order valence-corrected chi connectivity index (χ3v) is 6.23. The van der Waals surface area contributed by atoms with Crippen molar-refractivity contribution in [1.82, 2.24) is 14.8 Å². The molecule has 1 aliphatic heterocycles. The molecule has 9 heteroatoms. The van der Waals surface area contributed by atoms with Gasteiger partial charge < -0.3 is 24.5 Å². The van der Waals surface area contributed by atoms with Crippen LogP contribution in [0.25, 0.3) is 10.9 Å². The standard InChI is InChI=1S/C26H30ClN3O5/c27-21-4-1-19(2-5-21)16-28-26(33)23-18-30(9-13-35-14-10-31)24-6-3-20(15-22(24)25(23)32)17-29-7-11-34-12-8-29/h1-6,15,18,31H,7-14,16-17H2,(H,28,33). The fourth-order valence-electron chi connectivity index (χ4n) is 4.12. The number of aliphatic hydroxyl groups excluding tert-OH is 1. The minimum absolute atomic E-state index is 0.0613. The van der Waals surface area contributed by atoms with E-state index in [1.807, 2.05) is 34.9 Å². The topological polar surface area (TPSA) is 93.0 Å². The number of ether oxygens (including phenoxy) is 2. The average Bonchev–Trinajstić information content (AvgIpc) is 2.88. The first-order valence-electron chi connectivity index (χ1n) is 11.7. The SMILES string of the molecule is O=C(NCc1ccc(Cl)cc1)c1cn(CCOCCO)c2ccc(CN3CCOCC3)cc2c1=O. The molecule has 186 valence electrons. The number of morpholine rings is 1. The number of carbonyl (C=O) groups excluding carboxylic acids is 1. The minimum Gasteiger partial charge on any atom is -0.394 e. The maximum absolute atomic E-state index is 13.4. The molecule has 4 rings (SSSR count). The Kier molecular flexibility index (Phi) is 8.90. The van der Waals surface area contributed by atoms with Crippen LogP contribution in [0.4, 0.5) is 0 Å². The Morgan fingerprint density at radius 3 is 2.57 bits per heavy atom. The summed E-state index contributed by atoms with van der Waals surface area (Å²) in [5.41, 5.74) is 2.41. The second kappa shape index (κ2) is 12.3. The number of amides is 1. The predicted octanol–water partition coefficient (Wildman–Crippen LogP) is 2.43. The Labute approximate surface area is 209 Å². The second-order valence-corrected chi connectivity index (χ2v) is 8.89. The van der Waals surface area contributed by atoms with Crippen molar-refractivity contribution in [3.8, 4) is 0 Å². The van der Waals surface area contributed by atoms with Crippen LogP contribution < -0.4 is 10.7 Å². The van der Waals surface area contributed by atoms with Crippen LogP contribution in [0, 0.1) is 0 Å². The summed E-state index contributed by atoms with van der Waals surface area (Å²) < 4.78 is 12.7. The lowest BCUT2D eigenvalue weighted by atomic mass is 10.1. The number of halogens is 1. The number of nitrogens with zero attached hydrogens (tertiary/aromatic N) is 2. The number of nitrogens with one attached hydrogen (secondary N) is 1. The van der Waals surface area contributed by atoms with Gasteiger partial charge in [0.05, 0.1) is 38.6 Å². The number of hydrogen-bond donors (Lipinski definition) is 2. The van der Waals surface area contributed by atoms with Crippen molar-refractivity contribution in [3.05, 3.63) is 80.6 Å². The van der Waals surface area contributed by atoms with Crippen molar-refractivity contribution < 1.29 is 19.4 Å². The molecular formula is C26H30ClN3O5. The smallest absolute Gasteiger partial charge is 0.257 e. The van der Waals surface area contributed by atoms with Gasteiger partial charge in [0, 0.05) is 49.3 Å². The van der Waals surface area contributed by atoms with Crippen LogP contribution in [0.3, 0.4) is 0 Å². The molecule has 1 aromatic heterocycles. The van der Waals surface area contributed by atoms with Crippen LogP contribution in [0.1, 0.15) is 21.5 Å². The van der Waals surface area contributed by atoms with E-state index < -0.39 is 5.91 Å². The lowest BCUT2D eigenvalue weighted by Crippen LogP contribution is -2.35. The lowest BCUT2D eigenvalue weighted by molar-refractivity contribution is 0.0342. The first-order valence-corrected chi connectivity index (χ1v) is 12.1. The molecule has 0 aliphatic carbocycles. The van der Waals surface area contributed by atoms with E-state index in [2.05, 4.69) is 10.2 Å². The zero-order chi connectivity index (χ0) is 24.6. The molecule has 1 amide bonds. The molecular weight excluding hydrogens is 470 g/mol. The van der Waals surface area contributed by atoms with Crippen LogP contribution in [-0.4, -0.2) is 66.6 Å². The Bertz CT molecular complexity index is 1210. The molecule has 1 saturated heterocycles. The zero-order valence-electron chi connectivity index (χ0n) is 19.5. The molecule has 8 nitrogen and oxygen atoms in total. The number of carbonyl (C=O) groups is 1. The van der Waals surface area contributed by atoms with Gasteiger partial charge in [0.2, 0.25) is 5.43 Å². The van der Waals surface area contributed by atoms with Crippen LogP contribution >= 0.6 is 11.6 Å². The fourth-order valence-corrected chi connectivity index (χ4v) is 4.24. The lowest BCUT2D eigenvalue weighted by Gasteiger charge is -2.26. The van der Waals surface area contributed by atoms with E-state index in [0.717, 1.165) is 29.7 Å². The maximum atomic E-state index is 13.4. The van der Waals surface area contributed by atoms with Gasteiger partial charge in [-0.1, -0.05) is 29.8 Å². The van der Waals surface area contributed by atoms with Crippen molar-refractivity contribution in [3.63, 3.8) is 0 Å². The molecule has 1 fully saturated rings. The Balaban J connectivity index is 1.61. The number of aliphatic hydroxyl groups is 1. The number of hydrogen-bond acceptors (Lipinski definition) is 6. The van der Waals surface area contributed by atoms with Crippen molar-refractivity contribution in [2.45, 2.75) is 19.6 Å². The molecule has 2 aromatic carbocycles. The Morgan fingerprint density at radius 2 is 1.83 bits per heavy atom. The van der Waals surface area contributed by atoms with E-state index in [1.165, 1.54) is 0 Å². The first-order chi connectivity index (χ1) is 17.0. The van der Waals surface area contributed by atoms with Gasteiger partial charge in [-0.25, -0.2) is 0 Å². The number of fused-ring (bicyclic) bond motifs is 1. The van der Waals surface area contributed by atoms with E-state index >= 15 is 0 Å². The molecule has 35 heavy (non-hydrogen) atoms. The fraction of sp³-hybridized carbons (Fsp3) is 0.385.